The quantitative estimate of drug-likeness (QED) is 0.645. The van der Waals surface area contributed by atoms with Gasteiger partial charge in [-0.1, -0.05) is 12.1 Å². The number of imidazole rings is 1. The number of aromatic nitrogens is 2. The monoisotopic (exact) mass is 240 g/mol. The van der Waals surface area contributed by atoms with Gasteiger partial charge in [-0.3, -0.25) is 9.20 Å². The molecule has 0 atom stereocenters. The molecule has 0 aliphatic carbocycles. The summed E-state index contributed by atoms with van der Waals surface area (Å²) in [5, 5.41) is 0. The number of hydrogen-bond acceptors (Lipinski definition) is 2. The van der Waals surface area contributed by atoms with Crippen molar-refractivity contribution in [1.82, 2.24) is 9.38 Å². The van der Waals surface area contributed by atoms with Crippen molar-refractivity contribution in [2.75, 3.05) is 0 Å². The Labute approximate surface area is 103 Å². The Balaban J connectivity index is 2.25. The minimum atomic E-state index is -0.315. The number of nitrogens with zero attached hydrogens (tertiary/aromatic N) is 2. The number of aldehydes is 1. The molecule has 0 aliphatic heterocycles. The normalized spacial score (nSPS) is 10.7. The lowest BCUT2D eigenvalue weighted by molar-refractivity contribution is 0.112. The molecule has 0 unspecified atom stereocenters. The van der Waals surface area contributed by atoms with E-state index in [2.05, 4.69) is 4.98 Å². The molecule has 88 valence electrons. The number of halogens is 1. The fraction of sp³-hybridized carbons (Fsp3) is 0. The molecule has 0 radical (unpaired) electrons. The molecule has 4 heteroatoms. The average molecular weight is 240 g/mol. The third-order valence-corrected chi connectivity index (χ3v) is 2.81. The fourth-order valence-electron chi connectivity index (χ4n) is 1.93. The Morgan fingerprint density at radius 2 is 2.06 bits per heavy atom. The maximum atomic E-state index is 13.7. The first-order valence-corrected chi connectivity index (χ1v) is 5.47. The van der Waals surface area contributed by atoms with Gasteiger partial charge in [-0.05, 0) is 24.3 Å². The predicted molar refractivity (Wildman–Crippen MR) is 66.0 cm³/mol. The number of carbonyl (C=O) groups excluding carboxylic acids is 1. The molecular formula is C14H9FN2O. The number of fused-ring (bicyclic) bond motifs is 1. The van der Waals surface area contributed by atoms with Crippen LogP contribution in [0.5, 0.6) is 0 Å². The van der Waals surface area contributed by atoms with Crippen LogP contribution in [0.3, 0.4) is 0 Å². The Hall–Kier alpha value is -2.49. The van der Waals surface area contributed by atoms with Crippen molar-refractivity contribution in [3.8, 4) is 11.4 Å². The zero-order valence-electron chi connectivity index (χ0n) is 9.38. The van der Waals surface area contributed by atoms with E-state index in [1.807, 2.05) is 0 Å². The highest BCUT2D eigenvalue weighted by atomic mass is 19.1. The van der Waals surface area contributed by atoms with Gasteiger partial charge in [0.05, 0.1) is 17.3 Å². The summed E-state index contributed by atoms with van der Waals surface area (Å²) in [6.07, 6.45) is 4.11. The number of pyridine rings is 1. The largest absolute Gasteiger partial charge is 0.300 e. The predicted octanol–water partition coefficient (Wildman–Crippen LogP) is 2.95. The topological polar surface area (TPSA) is 34.4 Å². The van der Waals surface area contributed by atoms with E-state index in [1.54, 1.807) is 47.1 Å². The number of benzene rings is 1. The van der Waals surface area contributed by atoms with Crippen molar-refractivity contribution in [2.24, 2.45) is 0 Å². The van der Waals surface area contributed by atoms with Crippen molar-refractivity contribution in [3.05, 3.63) is 60.2 Å². The van der Waals surface area contributed by atoms with Crippen LogP contribution in [0.4, 0.5) is 4.39 Å². The van der Waals surface area contributed by atoms with E-state index < -0.39 is 0 Å². The van der Waals surface area contributed by atoms with Gasteiger partial charge in [0.15, 0.2) is 0 Å². The highest BCUT2D eigenvalue weighted by Crippen LogP contribution is 2.22. The summed E-state index contributed by atoms with van der Waals surface area (Å²) in [5.74, 6) is 0.213. The molecule has 18 heavy (non-hydrogen) atoms. The molecule has 0 saturated heterocycles. The average Bonchev–Trinajstić information content (AvgIpc) is 2.82. The number of carbonyl (C=O) groups is 1. The van der Waals surface area contributed by atoms with E-state index >= 15 is 0 Å². The first kappa shape index (κ1) is 10.7. The lowest BCUT2D eigenvalue weighted by Gasteiger charge is -2.02. The number of rotatable bonds is 2. The minimum absolute atomic E-state index is 0.315. The lowest BCUT2D eigenvalue weighted by atomic mass is 10.2. The molecule has 0 fully saturated rings. The third-order valence-electron chi connectivity index (χ3n) is 2.81. The summed E-state index contributed by atoms with van der Waals surface area (Å²) >= 11 is 0. The summed E-state index contributed by atoms with van der Waals surface area (Å²) in [6, 6.07) is 9.86. The highest BCUT2D eigenvalue weighted by molar-refractivity contribution is 5.78. The first-order chi connectivity index (χ1) is 8.79. The summed E-state index contributed by atoms with van der Waals surface area (Å²) < 4.78 is 15.5. The Morgan fingerprint density at radius 1 is 1.22 bits per heavy atom. The van der Waals surface area contributed by atoms with Crippen molar-refractivity contribution < 1.29 is 9.18 Å². The van der Waals surface area contributed by atoms with Crippen LogP contribution in [0.15, 0.2) is 48.8 Å². The molecule has 2 heterocycles. The second kappa shape index (κ2) is 4.07. The summed E-state index contributed by atoms with van der Waals surface area (Å²) in [7, 11) is 0. The van der Waals surface area contributed by atoms with Crippen LogP contribution in [0.2, 0.25) is 0 Å². The highest BCUT2D eigenvalue weighted by Gasteiger charge is 2.10. The van der Waals surface area contributed by atoms with Gasteiger partial charge < -0.3 is 0 Å². The van der Waals surface area contributed by atoms with Crippen LogP contribution < -0.4 is 0 Å². The first-order valence-electron chi connectivity index (χ1n) is 5.47. The molecule has 0 aliphatic rings. The van der Waals surface area contributed by atoms with Crippen LogP contribution in [0.1, 0.15) is 10.4 Å². The van der Waals surface area contributed by atoms with Crippen LogP contribution in [0, 0.1) is 5.82 Å². The van der Waals surface area contributed by atoms with Crippen LogP contribution >= 0.6 is 0 Å². The van der Waals surface area contributed by atoms with E-state index in [-0.39, 0.29) is 5.82 Å². The minimum Gasteiger partial charge on any atom is -0.300 e. The Morgan fingerprint density at radius 3 is 2.83 bits per heavy atom. The van der Waals surface area contributed by atoms with Gasteiger partial charge in [-0.2, -0.15) is 0 Å². The molecule has 0 N–H and O–H groups in total. The maximum absolute atomic E-state index is 13.7. The fourth-order valence-corrected chi connectivity index (χ4v) is 1.93. The van der Waals surface area contributed by atoms with Crippen LogP contribution in [-0.2, 0) is 0 Å². The second-order valence-electron chi connectivity index (χ2n) is 3.93. The summed E-state index contributed by atoms with van der Waals surface area (Å²) in [6.45, 7) is 0. The molecule has 0 saturated carbocycles. The van der Waals surface area contributed by atoms with Gasteiger partial charge in [0.25, 0.3) is 0 Å². The zero-order chi connectivity index (χ0) is 12.5. The second-order valence-corrected chi connectivity index (χ2v) is 3.93. The van der Waals surface area contributed by atoms with Crippen molar-refractivity contribution in [2.45, 2.75) is 0 Å². The summed E-state index contributed by atoms with van der Waals surface area (Å²) in [4.78, 5) is 14.9. The molecular weight excluding hydrogens is 231 g/mol. The third kappa shape index (κ3) is 1.59. The molecule has 3 rings (SSSR count). The van der Waals surface area contributed by atoms with E-state index in [4.69, 9.17) is 0 Å². The summed E-state index contributed by atoms with van der Waals surface area (Å²) in [5.41, 5.74) is 1.77. The van der Waals surface area contributed by atoms with E-state index in [0.717, 1.165) is 11.8 Å². The molecule has 1 aromatic carbocycles. The van der Waals surface area contributed by atoms with Crippen LogP contribution in [0.25, 0.3) is 16.9 Å². The molecule has 0 spiro atoms. The number of hydrogen-bond donors (Lipinski definition) is 0. The van der Waals surface area contributed by atoms with Crippen molar-refractivity contribution >= 4 is 11.8 Å². The van der Waals surface area contributed by atoms with E-state index in [0.29, 0.717) is 17.0 Å². The van der Waals surface area contributed by atoms with Gasteiger partial charge in [0, 0.05) is 11.8 Å². The molecule has 0 bridgehead atoms. The Bertz CT molecular complexity index is 733. The van der Waals surface area contributed by atoms with Gasteiger partial charge in [0.2, 0.25) is 0 Å². The smallest absolute Gasteiger partial charge is 0.150 e. The standard InChI is InChI=1S/C14H9FN2O/c15-13-4-2-1-3-12(13)14-16-8-11-7-10(9-18)5-6-17(11)14/h1-9H. The van der Waals surface area contributed by atoms with Crippen molar-refractivity contribution in [1.29, 1.82) is 0 Å². The van der Waals surface area contributed by atoms with Gasteiger partial charge in [-0.25, -0.2) is 9.37 Å². The van der Waals surface area contributed by atoms with Gasteiger partial charge >= 0.3 is 0 Å². The molecule has 3 aromatic rings. The molecule has 2 aromatic heterocycles. The Kier molecular flexibility index (Phi) is 2.41. The SMILES string of the molecule is O=Cc1ccn2c(-c3ccccc3F)ncc2c1. The molecule has 0 amide bonds. The van der Waals surface area contributed by atoms with E-state index in [1.165, 1.54) is 6.07 Å². The lowest BCUT2D eigenvalue weighted by Crippen LogP contribution is -1.92. The maximum Gasteiger partial charge on any atom is 0.150 e. The van der Waals surface area contributed by atoms with Crippen LogP contribution in [-0.4, -0.2) is 15.7 Å². The van der Waals surface area contributed by atoms with Gasteiger partial charge in [0.1, 0.15) is 17.9 Å². The van der Waals surface area contributed by atoms with Crippen molar-refractivity contribution in [3.63, 3.8) is 0 Å². The van der Waals surface area contributed by atoms with E-state index in [9.17, 15) is 9.18 Å². The molecule has 3 nitrogen and oxygen atoms in total. The zero-order valence-corrected chi connectivity index (χ0v) is 9.38. The van der Waals surface area contributed by atoms with Gasteiger partial charge in [-0.15, -0.1) is 0 Å².